The van der Waals surface area contributed by atoms with Crippen LogP contribution in [0.5, 0.6) is 17.4 Å². The maximum Gasteiger partial charge on any atom is 0.237 e. The standard InChI is InChI=1S/C19H25N3O3/c1-4-13(2)17(20)18(23)22-12-14-7-6-10-21-19(14)25-16-9-5-8-15(11-16)24-3/h5-11,13,17H,4,12,20H2,1-3H3,(H,22,23). The van der Waals surface area contributed by atoms with Crippen LogP contribution in [-0.2, 0) is 11.3 Å². The van der Waals surface area contributed by atoms with Crippen molar-refractivity contribution in [2.45, 2.75) is 32.9 Å². The van der Waals surface area contributed by atoms with Gasteiger partial charge in [-0.1, -0.05) is 32.4 Å². The number of aromatic nitrogens is 1. The molecule has 3 N–H and O–H groups in total. The summed E-state index contributed by atoms with van der Waals surface area (Å²) in [4.78, 5) is 16.4. The summed E-state index contributed by atoms with van der Waals surface area (Å²) in [7, 11) is 1.60. The SMILES string of the molecule is CCC(C)C(N)C(=O)NCc1cccnc1Oc1cccc(OC)c1. The van der Waals surface area contributed by atoms with E-state index in [0.29, 0.717) is 23.9 Å². The number of nitrogens with one attached hydrogen (secondary N) is 1. The van der Waals surface area contributed by atoms with Gasteiger partial charge in [-0.05, 0) is 24.1 Å². The van der Waals surface area contributed by atoms with Crippen molar-refractivity contribution in [3.8, 4) is 17.4 Å². The molecule has 2 atom stereocenters. The predicted molar refractivity (Wildman–Crippen MR) is 96.6 cm³/mol. The lowest BCUT2D eigenvalue weighted by Gasteiger charge is -2.18. The van der Waals surface area contributed by atoms with Gasteiger partial charge < -0.3 is 20.5 Å². The Morgan fingerprint density at radius 1 is 1.28 bits per heavy atom. The molecule has 0 radical (unpaired) electrons. The molecule has 2 rings (SSSR count). The van der Waals surface area contributed by atoms with E-state index in [1.807, 2.05) is 38.1 Å². The topological polar surface area (TPSA) is 86.5 Å². The van der Waals surface area contributed by atoms with E-state index in [-0.39, 0.29) is 11.8 Å². The molecule has 1 heterocycles. The molecule has 6 heteroatoms. The lowest BCUT2D eigenvalue weighted by Crippen LogP contribution is -2.44. The van der Waals surface area contributed by atoms with Crippen molar-refractivity contribution in [1.29, 1.82) is 0 Å². The van der Waals surface area contributed by atoms with Crippen LogP contribution in [0.1, 0.15) is 25.8 Å². The van der Waals surface area contributed by atoms with Crippen LogP contribution in [0.4, 0.5) is 0 Å². The highest BCUT2D eigenvalue weighted by atomic mass is 16.5. The van der Waals surface area contributed by atoms with Gasteiger partial charge in [-0.3, -0.25) is 4.79 Å². The maximum atomic E-state index is 12.2. The fraction of sp³-hybridized carbons (Fsp3) is 0.368. The van der Waals surface area contributed by atoms with Crippen LogP contribution in [0.2, 0.25) is 0 Å². The van der Waals surface area contributed by atoms with E-state index < -0.39 is 6.04 Å². The molecule has 0 bridgehead atoms. The number of nitrogens with two attached hydrogens (primary N) is 1. The van der Waals surface area contributed by atoms with Gasteiger partial charge in [-0.25, -0.2) is 4.98 Å². The van der Waals surface area contributed by atoms with Crippen molar-refractivity contribution < 1.29 is 14.3 Å². The van der Waals surface area contributed by atoms with E-state index in [0.717, 1.165) is 12.0 Å². The van der Waals surface area contributed by atoms with E-state index >= 15 is 0 Å². The van der Waals surface area contributed by atoms with Crippen LogP contribution in [0.25, 0.3) is 0 Å². The first kappa shape index (κ1) is 18.7. The molecule has 0 saturated heterocycles. The monoisotopic (exact) mass is 343 g/mol. The van der Waals surface area contributed by atoms with Crippen molar-refractivity contribution in [1.82, 2.24) is 10.3 Å². The molecule has 2 unspecified atom stereocenters. The molecule has 25 heavy (non-hydrogen) atoms. The summed E-state index contributed by atoms with van der Waals surface area (Å²) in [5, 5.41) is 2.85. The minimum atomic E-state index is -0.524. The summed E-state index contributed by atoms with van der Waals surface area (Å²) < 4.78 is 11.0. The third kappa shape index (κ3) is 5.19. The van der Waals surface area contributed by atoms with E-state index in [2.05, 4.69) is 10.3 Å². The summed E-state index contributed by atoms with van der Waals surface area (Å²) in [5.74, 6) is 1.70. The number of rotatable bonds is 8. The number of ether oxygens (including phenoxy) is 2. The summed E-state index contributed by atoms with van der Waals surface area (Å²) in [6.45, 7) is 4.28. The number of hydrogen-bond donors (Lipinski definition) is 2. The molecular formula is C19H25N3O3. The average molecular weight is 343 g/mol. The number of pyridine rings is 1. The Morgan fingerprint density at radius 3 is 2.76 bits per heavy atom. The first-order chi connectivity index (χ1) is 12.0. The Hall–Kier alpha value is -2.60. The van der Waals surface area contributed by atoms with Crippen LogP contribution in [-0.4, -0.2) is 24.0 Å². The molecule has 0 aliphatic heterocycles. The van der Waals surface area contributed by atoms with Crippen molar-refractivity contribution >= 4 is 5.91 Å². The highest BCUT2D eigenvalue weighted by Crippen LogP contribution is 2.26. The summed E-state index contributed by atoms with van der Waals surface area (Å²) in [5.41, 5.74) is 6.73. The van der Waals surface area contributed by atoms with Crippen molar-refractivity contribution in [2.75, 3.05) is 7.11 Å². The van der Waals surface area contributed by atoms with Crippen molar-refractivity contribution in [2.24, 2.45) is 11.7 Å². The zero-order valence-electron chi connectivity index (χ0n) is 14.9. The van der Waals surface area contributed by atoms with Gasteiger partial charge in [0.15, 0.2) is 0 Å². The van der Waals surface area contributed by atoms with Gasteiger partial charge >= 0.3 is 0 Å². The number of amides is 1. The lowest BCUT2D eigenvalue weighted by atomic mass is 9.99. The van der Waals surface area contributed by atoms with E-state index in [4.69, 9.17) is 15.2 Å². The first-order valence-corrected chi connectivity index (χ1v) is 8.34. The number of carbonyl (C=O) groups is 1. The van der Waals surface area contributed by atoms with Gasteiger partial charge in [-0.2, -0.15) is 0 Å². The van der Waals surface area contributed by atoms with Crippen LogP contribution < -0.4 is 20.5 Å². The second-order valence-electron chi connectivity index (χ2n) is 5.88. The largest absolute Gasteiger partial charge is 0.497 e. The van der Waals surface area contributed by atoms with Crippen LogP contribution in [0.15, 0.2) is 42.6 Å². The van der Waals surface area contributed by atoms with Gasteiger partial charge in [0.05, 0.1) is 13.2 Å². The molecule has 134 valence electrons. The zero-order valence-corrected chi connectivity index (χ0v) is 14.9. The van der Waals surface area contributed by atoms with Crippen LogP contribution >= 0.6 is 0 Å². The number of carbonyl (C=O) groups excluding carboxylic acids is 1. The molecule has 0 aliphatic carbocycles. The van der Waals surface area contributed by atoms with Crippen LogP contribution in [0, 0.1) is 5.92 Å². The van der Waals surface area contributed by atoms with Gasteiger partial charge in [0.1, 0.15) is 11.5 Å². The quantitative estimate of drug-likeness (QED) is 0.770. The molecular weight excluding hydrogens is 318 g/mol. The first-order valence-electron chi connectivity index (χ1n) is 8.34. The molecule has 0 saturated carbocycles. The summed E-state index contributed by atoms with van der Waals surface area (Å²) in [6, 6.07) is 10.4. The molecule has 0 fully saturated rings. The lowest BCUT2D eigenvalue weighted by molar-refractivity contribution is -0.123. The van der Waals surface area contributed by atoms with E-state index in [1.165, 1.54) is 0 Å². The number of benzene rings is 1. The number of methoxy groups -OCH3 is 1. The number of hydrogen-bond acceptors (Lipinski definition) is 5. The van der Waals surface area contributed by atoms with Crippen molar-refractivity contribution in [3.05, 3.63) is 48.2 Å². The Balaban J connectivity index is 2.06. The Morgan fingerprint density at radius 2 is 2.04 bits per heavy atom. The smallest absolute Gasteiger partial charge is 0.237 e. The Bertz CT molecular complexity index is 706. The maximum absolute atomic E-state index is 12.2. The molecule has 2 aromatic rings. The summed E-state index contributed by atoms with van der Waals surface area (Å²) >= 11 is 0. The normalized spacial score (nSPS) is 13.0. The molecule has 6 nitrogen and oxygen atoms in total. The number of nitrogens with zero attached hydrogens (tertiary/aromatic N) is 1. The van der Waals surface area contributed by atoms with E-state index in [9.17, 15) is 4.79 Å². The highest BCUT2D eigenvalue weighted by molar-refractivity contribution is 5.81. The third-order valence-corrected chi connectivity index (χ3v) is 4.12. The average Bonchev–Trinajstić information content (AvgIpc) is 2.65. The van der Waals surface area contributed by atoms with Gasteiger partial charge in [0, 0.05) is 24.4 Å². The minimum absolute atomic E-state index is 0.126. The second-order valence-corrected chi connectivity index (χ2v) is 5.88. The van der Waals surface area contributed by atoms with Crippen molar-refractivity contribution in [3.63, 3.8) is 0 Å². The minimum Gasteiger partial charge on any atom is -0.497 e. The van der Waals surface area contributed by atoms with Gasteiger partial charge in [0.2, 0.25) is 11.8 Å². The Kier molecular flexibility index (Phi) is 6.77. The fourth-order valence-electron chi connectivity index (χ4n) is 2.24. The molecule has 0 aliphatic rings. The molecule has 1 aromatic heterocycles. The predicted octanol–water partition coefficient (Wildman–Crippen LogP) is 2.87. The third-order valence-electron chi connectivity index (χ3n) is 4.12. The molecule has 0 spiro atoms. The Labute approximate surface area is 148 Å². The molecule has 1 aromatic carbocycles. The van der Waals surface area contributed by atoms with Gasteiger partial charge in [0.25, 0.3) is 0 Å². The zero-order chi connectivity index (χ0) is 18.2. The van der Waals surface area contributed by atoms with E-state index in [1.54, 1.807) is 25.4 Å². The second kappa shape index (κ2) is 9.03. The molecule has 1 amide bonds. The fourth-order valence-corrected chi connectivity index (χ4v) is 2.24. The summed E-state index contributed by atoms with van der Waals surface area (Å²) in [6.07, 6.45) is 2.50. The van der Waals surface area contributed by atoms with Gasteiger partial charge in [-0.15, -0.1) is 0 Å². The van der Waals surface area contributed by atoms with Crippen LogP contribution in [0.3, 0.4) is 0 Å². The highest BCUT2D eigenvalue weighted by Gasteiger charge is 2.19.